The molecular weight excluding hydrogens is 452 g/mol. The predicted octanol–water partition coefficient (Wildman–Crippen LogP) is 3.99. The molecule has 0 unspecified atom stereocenters. The van der Waals surface area contributed by atoms with Crippen molar-refractivity contribution in [3.05, 3.63) is 64.6 Å². The minimum atomic E-state index is -3.59. The van der Waals surface area contributed by atoms with Gasteiger partial charge in [0, 0.05) is 23.6 Å². The van der Waals surface area contributed by atoms with Gasteiger partial charge in [-0.15, -0.1) is 0 Å². The molecule has 1 heterocycles. The third kappa shape index (κ3) is 5.90. The van der Waals surface area contributed by atoms with Gasteiger partial charge in [0.1, 0.15) is 0 Å². The third-order valence-electron chi connectivity index (χ3n) is 5.30. The summed E-state index contributed by atoms with van der Waals surface area (Å²) in [6, 6.07) is 16.9. The molecule has 0 radical (unpaired) electrons. The van der Waals surface area contributed by atoms with E-state index in [2.05, 4.69) is 33.4 Å². The molecule has 0 saturated carbocycles. The molecule has 1 aliphatic rings. The summed E-state index contributed by atoms with van der Waals surface area (Å²) >= 11 is 3.33. The summed E-state index contributed by atoms with van der Waals surface area (Å²) in [5.41, 5.74) is 1.25. The van der Waals surface area contributed by atoms with Crippen molar-refractivity contribution in [3.8, 4) is 0 Å². The number of aryl methyl sites for hydroxylation is 1. The van der Waals surface area contributed by atoms with Crippen LogP contribution in [0.25, 0.3) is 0 Å². The lowest BCUT2D eigenvalue weighted by Gasteiger charge is -2.32. The lowest BCUT2D eigenvalue weighted by Crippen LogP contribution is -2.47. The second kappa shape index (κ2) is 9.87. The summed E-state index contributed by atoms with van der Waals surface area (Å²) in [5.74, 6) is -0.366. The molecule has 2 aromatic carbocycles. The first-order chi connectivity index (χ1) is 13.9. The van der Waals surface area contributed by atoms with Gasteiger partial charge in [-0.05, 0) is 62.4 Å². The summed E-state index contributed by atoms with van der Waals surface area (Å²) in [4.78, 5) is 13.0. The summed E-state index contributed by atoms with van der Waals surface area (Å²) < 4.78 is 28.1. The fraction of sp³-hybridized carbons (Fsp3) is 0.409. The van der Waals surface area contributed by atoms with Crippen LogP contribution in [-0.4, -0.2) is 37.8 Å². The van der Waals surface area contributed by atoms with E-state index in [1.165, 1.54) is 9.87 Å². The topological polar surface area (TPSA) is 66.5 Å². The van der Waals surface area contributed by atoms with Gasteiger partial charge < -0.3 is 5.32 Å². The molecule has 1 N–H and O–H groups in total. The minimum absolute atomic E-state index is 0.0427. The Balaban J connectivity index is 1.56. The zero-order chi connectivity index (χ0) is 20.9. The van der Waals surface area contributed by atoms with Gasteiger partial charge in [0.05, 0.1) is 10.8 Å². The summed E-state index contributed by atoms with van der Waals surface area (Å²) in [6.07, 6.45) is 3.15. The molecule has 1 saturated heterocycles. The largest absolute Gasteiger partial charge is 0.353 e. The van der Waals surface area contributed by atoms with Gasteiger partial charge in [0.15, 0.2) is 0 Å². The highest BCUT2D eigenvalue weighted by Gasteiger charge is 2.33. The average Bonchev–Trinajstić information content (AvgIpc) is 2.73. The third-order valence-corrected chi connectivity index (χ3v) is 7.71. The number of halogens is 1. The van der Waals surface area contributed by atoms with Crippen LogP contribution in [-0.2, 0) is 21.2 Å². The smallest absolute Gasteiger partial charge is 0.243 e. The van der Waals surface area contributed by atoms with Crippen molar-refractivity contribution in [2.75, 3.05) is 13.1 Å². The van der Waals surface area contributed by atoms with Gasteiger partial charge >= 0.3 is 0 Å². The SMILES string of the molecule is C[C@H](CCc1ccccc1)NC(=O)[C@H]1CCCN(S(=O)(=O)c2ccc(Br)cc2)C1. The highest BCUT2D eigenvalue weighted by molar-refractivity contribution is 9.10. The number of nitrogens with zero attached hydrogens (tertiary/aromatic N) is 1. The zero-order valence-corrected chi connectivity index (χ0v) is 19.0. The Morgan fingerprint density at radius 2 is 1.86 bits per heavy atom. The van der Waals surface area contributed by atoms with Crippen LogP contribution >= 0.6 is 15.9 Å². The van der Waals surface area contributed by atoms with Crippen molar-refractivity contribution >= 4 is 31.9 Å². The maximum Gasteiger partial charge on any atom is 0.243 e. The first kappa shape index (κ1) is 22.0. The molecule has 2 aromatic rings. The van der Waals surface area contributed by atoms with Crippen LogP contribution in [0.15, 0.2) is 64.0 Å². The summed E-state index contributed by atoms with van der Waals surface area (Å²) in [7, 11) is -3.59. The van der Waals surface area contributed by atoms with E-state index in [1.807, 2.05) is 25.1 Å². The Hall–Kier alpha value is -1.70. The highest BCUT2D eigenvalue weighted by Crippen LogP contribution is 2.25. The lowest BCUT2D eigenvalue weighted by atomic mass is 9.98. The van der Waals surface area contributed by atoms with Gasteiger partial charge in [0.2, 0.25) is 15.9 Å². The number of hydrogen-bond donors (Lipinski definition) is 1. The standard InChI is InChI=1S/C22H27BrN2O3S/c1-17(9-10-18-6-3-2-4-7-18)24-22(26)19-8-5-15-25(16-19)29(27,28)21-13-11-20(23)12-14-21/h2-4,6-7,11-14,17,19H,5,8-10,15-16H2,1H3,(H,24,26)/t17-,19+/m1/s1. The molecule has 29 heavy (non-hydrogen) atoms. The molecular formula is C22H27BrN2O3S. The van der Waals surface area contributed by atoms with E-state index in [9.17, 15) is 13.2 Å². The van der Waals surface area contributed by atoms with Crippen LogP contribution in [0.4, 0.5) is 0 Å². The Morgan fingerprint density at radius 3 is 2.55 bits per heavy atom. The van der Waals surface area contributed by atoms with Crippen molar-refractivity contribution < 1.29 is 13.2 Å². The normalized spacial score (nSPS) is 18.9. The van der Waals surface area contributed by atoms with Gasteiger partial charge in [-0.1, -0.05) is 46.3 Å². The molecule has 3 rings (SSSR count). The van der Waals surface area contributed by atoms with Crippen LogP contribution < -0.4 is 5.32 Å². The molecule has 156 valence electrons. The Labute approximate surface area is 181 Å². The van der Waals surface area contributed by atoms with Crippen molar-refractivity contribution in [2.24, 2.45) is 5.92 Å². The summed E-state index contributed by atoms with van der Waals surface area (Å²) in [5, 5.41) is 3.07. The molecule has 7 heteroatoms. The van der Waals surface area contributed by atoms with Gasteiger partial charge in [-0.3, -0.25) is 4.79 Å². The van der Waals surface area contributed by atoms with Crippen molar-refractivity contribution in [3.63, 3.8) is 0 Å². The fourth-order valence-corrected chi connectivity index (χ4v) is 5.38. The first-order valence-electron chi connectivity index (χ1n) is 9.96. The molecule has 1 fully saturated rings. The van der Waals surface area contributed by atoms with Gasteiger partial charge in [-0.2, -0.15) is 4.31 Å². The van der Waals surface area contributed by atoms with Crippen molar-refractivity contribution in [1.29, 1.82) is 0 Å². The molecule has 1 aliphatic heterocycles. The van der Waals surface area contributed by atoms with Crippen molar-refractivity contribution in [2.45, 2.75) is 43.5 Å². The Bertz CT molecular complexity index is 917. The van der Waals surface area contributed by atoms with E-state index in [-0.39, 0.29) is 29.3 Å². The molecule has 2 atom stereocenters. The molecule has 5 nitrogen and oxygen atoms in total. The quantitative estimate of drug-likeness (QED) is 0.653. The maximum absolute atomic E-state index is 12.9. The zero-order valence-electron chi connectivity index (χ0n) is 16.6. The highest BCUT2D eigenvalue weighted by atomic mass is 79.9. The number of piperidine rings is 1. The van der Waals surface area contributed by atoms with E-state index in [1.54, 1.807) is 24.3 Å². The van der Waals surface area contributed by atoms with E-state index in [0.29, 0.717) is 19.4 Å². The number of nitrogens with one attached hydrogen (secondary N) is 1. The lowest BCUT2D eigenvalue weighted by molar-refractivity contribution is -0.126. The molecule has 0 spiro atoms. The number of rotatable bonds is 7. The van der Waals surface area contributed by atoms with Gasteiger partial charge in [-0.25, -0.2) is 8.42 Å². The maximum atomic E-state index is 12.9. The van der Waals surface area contributed by atoms with E-state index in [0.717, 1.165) is 17.3 Å². The van der Waals surface area contributed by atoms with E-state index < -0.39 is 10.0 Å². The number of carbonyl (C=O) groups is 1. The van der Waals surface area contributed by atoms with Crippen LogP contribution in [0.2, 0.25) is 0 Å². The van der Waals surface area contributed by atoms with Crippen LogP contribution in [0, 0.1) is 5.92 Å². The minimum Gasteiger partial charge on any atom is -0.353 e. The second-order valence-electron chi connectivity index (χ2n) is 7.59. The average molecular weight is 479 g/mol. The number of benzene rings is 2. The van der Waals surface area contributed by atoms with E-state index >= 15 is 0 Å². The Kier molecular flexibility index (Phi) is 7.49. The first-order valence-corrected chi connectivity index (χ1v) is 12.2. The van der Waals surface area contributed by atoms with E-state index in [4.69, 9.17) is 0 Å². The second-order valence-corrected chi connectivity index (χ2v) is 10.4. The number of amides is 1. The van der Waals surface area contributed by atoms with Crippen LogP contribution in [0.3, 0.4) is 0 Å². The number of carbonyl (C=O) groups excluding carboxylic acids is 1. The Morgan fingerprint density at radius 1 is 1.17 bits per heavy atom. The number of sulfonamides is 1. The summed E-state index contributed by atoms with van der Waals surface area (Å²) in [6.45, 7) is 2.68. The van der Waals surface area contributed by atoms with Crippen molar-refractivity contribution in [1.82, 2.24) is 9.62 Å². The molecule has 0 aromatic heterocycles. The number of hydrogen-bond acceptors (Lipinski definition) is 3. The van der Waals surface area contributed by atoms with Crippen LogP contribution in [0.5, 0.6) is 0 Å². The predicted molar refractivity (Wildman–Crippen MR) is 118 cm³/mol. The fourth-order valence-electron chi connectivity index (χ4n) is 3.59. The molecule has 1 amide bonds. The monoisotopic (exact) mass is 478 g/mol. The molecule has 0 aliphatic carbocycles. The molecule has 0 bridgehead atoms. The van der Waals surface area contributed by atoms with Gasteiger partial charge in [0.25, 0.3) is 0 Å². The van der Waals surface area contributed by atoms with Crippen LogP contribution in [0.1, 0.15) is 31.7 Å².